The Hall–Kier alpha value is -2.93. The van der Waals surface area contributed by atoms with Crippen molar-refractivity contribution in [2.45, 2.75) is 6.36 Å². The Morgan fingerprint density at radius 3 is 2.47 bits per heavy atom. The smallest absolute Gasteiger partial charge is 0.406 e. The van der Waals surface area contributed by atoms with Crippen LogP contribution in [0.15, 0.2) is 36.4 Å². The maximum absolute atomic E-state index is 12.5. The third-order valence-electron chi connectivity index (χ3n) is 4.61. The van der Waals surface area contributed by atoms with Gasteiger partial charge in [0, 0.05) is 32.2 Å². The van der Waals surface area contributed by atoms with Gasteiger partial charge in [-0.05, 0) is 24.3 Å². The van der Waals surface area contributed by atoms with Gasteiger partial charge < -0.3 is 9.64 Å². The highest BCUT2D eigenvalue weighted by atomic mass is 32.2. The highest BCUT2D eigenvalue weighted by Gasteiger charge is 2.31. The van der Waals surface area contributed by atoms with Crippen molar-refractivity contribution in [1.82, 2.24) is 24.3 Å². The van der Waals surface area contributed by atoms with Gasteiger partial charge in [0.1, 0.15) is 17.1 Å². The van der Waals surface area contributed by atoms with Gasteiger partial charge in [0.2, 0.25) is 10.0 Å². The van der Waals surface area contributed by atoms with Crippen LogP contribution in [0.5, 0.6) is 5.75 Å². The minimum atomic E-state index is -4.80. The van der Waals surface area contributed by atoms with E-state index in [1.165, 1.54) is 33.4 Å². The van der Waals surface area contributed by atoms with Crippen LogP contribution in [0.3, 0.4) is 0 Å². The fourth-order valence-corrected chi connectivity index (χ4v) is 4.04. The normalized spacial score (nSPS) is 16.2. The second-order valence-corrected chi connectivity index (χ2v) is 8.69. The average molecular weight is 442 g/mol. The van der Waals surface area contributed by atoms with E-state index in [4.69, 9.17) is 0 Å². The molecule has 1 aromatic carbocycles. The molecule has 0 saturated carbocycles. The number of ether oxygens (including phenoxy) is 1. The number of aromatic nitrogens is 4. The van der Waals surface area contributed by atoms with E-state index in [1.807, 2.05) is 4.90 Å². The number of benzene rings is 1. The zero-order valence-electron chi connectivity index (χ0n) is 15.7. The Morgan fingerprint density at radius 1 is 1.07 bits per heavy atom. The maximum atomic E-state index is 12.5. The quantitative estimate of drug-likeness (QED) is 0.608. The van der Waals surface area contributed by atoms with Gasteiger partial charge in [-0.2, -0.15) is 8.99 Å². The van der Waals surface area contributed by atoms with E-state index in [0.29, 0.717) is 48.8 Å². The van der Waals surface area contributed by atoms with Gasteiger partial charge >= 0.3 is 6.36 Å². The molecule has 1 fully saturated rings. The molecular weight excluding hydrogens is 425 g/mol. The van der Waals surface area contributed by atoms with Crippen LogP contribution in [-0.4, -0.2) is 71.5 Å². The number of alkyl halides is 3. The predicted octanol–water partition coefficient (Wildman–Crippen LogP) is 1.80. The first-order chi connectivity index (χ1) is 14.1. The summed E-state index contributed by atoms with van der Waals surface area (Å²) in [6, 6.07) is 8.83. The van der Waals surface area contributed by atoms with Gasteiger partial charge in [0.15, 0.2) is 5.65 Å². The molecule has 0 spiro atoms. The lowest BCUT2D eigenvalue weighted by Gasteiger charge is -2.33. The molecule has 30 heavy (non-hydrogen) atoms. The molecule has 160 valence electrons. The van der Waals surface area contributed by atoms with Crippen LogP contribution in [0, 0.1) is 0 Å². The molecule has 0 unspecified atom stereocenters. The van der Waals surface area contributed by atoms with Gasteiger partial charge in [-0.25, -0.2) is 13.4 Å². The Bertz CT molecular complexity index is 1170. The topological polar surface area (TPSA) is 93.5 Å². The van der Waals surface area contributed by atoms with Gasteiger partial charge in [-0.3, -0.25) is 0 Å². The number of piperazine rings is 1. The van der Waals surface area contributed by atoms with Crippen LogP contribution in [0.1, 0.15) is 0 Å². The lowest BCUT2D eigenvalue weighted by Crippen LogP contribution is -2.48. The largest absolute Gasteiger partial charge is 0.573 e. The van der Waals surface area contributed by atoms with Crippen LogP contribution < -0.4 is 9.64 Å². The molecule has 1 aliphatic heterocycles. The van der Waals surface area contributed by atoms with Gasteiger partial charge in [0.05, 0.1) is 11.9 Å². The van der Waals surface area contributed by atoms with Crippen LogP contribution >= 0.6 is 0 Å². The fourth-order valence-electron chi connectivity index (χ4n) is 3.21. The summed E-state index contributed by atoms with van der Waals surface area (Å²) < 4.78 is 67.6. The van der Waals surface area contributed by atoms with Gasteiger partial charge in [-0.15, -0.1) is 18.3 Å². The van der Waals surface area contributed by atoms with Crippen LogP contribution in [0.25, 0.3) is 16.9 Å². The predicted molar refractivity (Wildman–Crippen MR) is 102 cm³/mol. The first kappa shape index (κ1) is 20.3. The summed E-state index contributed by atoms with van der Waals surface area (Å²) in [6.45, 7) is 1.60. The number of rotatable bonds is 4. The molecule has 0 N–H and O–H groups in total. The van der Waals surface area contributed by atoms with Crippen molar-refractivity contribution >= 4 is 27.0 Å². The molecule has 0 atom stereocenters. The molecule has 0 radical (unpaired) electrons. The second-order valence-electron chi connectivity index (χ2n) is 6.71. The second kappa shape index (κ2) is 7.40. The third-order valence-corrected chi connectivity index (χ3v) is 5.91. The molecule has 13 heteroatoms. The van der Waals surface area contributed by atoms with Crippen LogP contribution in [0.4, 0.5) is 19.0 Å². The van der Waals surface area contributed by atoms with Gasteiger partial charge in [-0.1, -0.05) is 11.3 Å². The molecule has 2 aromatic heterocycles. The van der Waals surface area contributed by atoms with Crippen molar-refractivity contribution in [2.75, 3.05) is 37.3 Å². The van der Waals surface area contributed by atoms with E-state index >= 15 is 0 Å². The number of anilines is 1. The van der Waals surface area contributed by atoms with E-state index in [1.54, 1.807) is 18.2 Å². The zero-order valence-corrected chi connectivity index (χ0v) is 16.6. The van der Waals surface area contributed by atoms with Crippen molar-refractivity contribution < 1.29 is 26.3 Å². The van der Waals surface area contributed by atoms with E-state index in [0.717, 1.165) is 0 Å². The lowest BCUT2D eigenvalue weighted by atomic mass is 10.3. The Labute approximate surface area is 169 Å². The number of hydrogen-bond donors (Lipinski definition) is 0. The molecular formula is C17H17F3N6O3S. The first-order valence-corrected chi connectivity index (χ1v) is 10.7. The molecule has 0 amide bonds. The van der Waals surface area contributed by atoms with Crippen LogP contribution in [-0.2, 0) is 10.0 Å². The molecule has 1 saturated heterocycles. The maximum Gasteiger partial charge on any atom is 0.573 e. The highest BCUT2D eigenvalue weighted by Crippen LogP contribution is 2.26. The minimum Gasteiger partial charge on any atom is -0.406 e. The standard InChI is InChI=1S/C17H17F3N6O3S/c1-30(27,28)25-9-7-24(8-10-25)15-6-5-14-16(21-15)26(23-22-14)12-3-2-4-13(11-12)29-17(18,19)20/h2-6,11H,7-10H2,1H3. The van der Waals surface area contributed by atoms with Crippen molar-refractivity contribution in [1.29, 1.82) is 0 Å². The molecule has 3 aromatic rings. The summed E-state index contributed by atoms with van der Waals surface area (Å²) in [6.07, 6.45) is -3.63. The highest BCUT2D eigenvalue weighted by molar-refractivity contribution is 7.88. The van der Waals surface area contributed by atoms with Crippen molar-refractivity contribution in [3.63, 3.8) is 0 Å². The Balaban J connectivity index is 1.62. The van der Waals surface area contributed by atoms with Crippen molar-refractivity contribution in [2.24, 2.45) is 0 Å². The minimum absolute atomic E-state index is 0.311. The van der Waals surface area contributed by atoms with Crippen LogP contribution in [0.2, 0.25) is 0 Å². The molecule has 3 heterocycles. The summed E-state index contributed by atoms with van der Waals surface area (Å²) >= 11 is 0. The number of pyridine rings is 1. The van der Waals surface area contributed by atoms with E-state index in [2.05, 4.69) is 20.0 Å². The monoisotopic (exact) mass is 442 g/mol. The van der Waals surface area contributed by atoms with Crippen molar-refractivity contribution in [3.05, 3.63) is 36.4 Å². The Kier molecular flexibility index (Phi) is 5.02. The molecule has 0 aliphatic carbocycles. The summed E-state index contributed by atoms with van der Waals surface area (Å²) in [5.41, 5.74) is 1.14. The summed E-state index contributed by atoms with van der Waals surface area (Å²) in [5.74, 6) is 0.221. The van der Waals surface area contributed by atoms with E-state index in [-0.39, 0.29) is 5.75 Å². The zero-order chi connectivity index (χ0) is 21.5. The molecule has 9 nitrogen and oxygen atoms in total. The Morgan fingerprint density at radius 2 is 1.80 bits per heavy atom. The number of hydrogen-bond acceptors (Lipinski definition) is 7. The number of fused-ring (bicyclic) bond motifs is 1. The van der Waals surface area contributed by atoms with E-state index in [9.17, 15) is 21.6 Å². The first-order valence-electron chi connectivity index (χ1n) is 8.89. The lowest BCUT2D eigenvalue weighted by molar-refractivity contribution is -0.274. The molecule has 4 rings (SSSR count). The summed E-state index contributed by atoms with van der Waals surface area (Å²) in [5, 5.41) is 8.01. The van der Waals surface area contributed by atoms with Gasteiger partial charge in [0.25, 0.3) is 0 Å². The average Bonchev–Trinajstić information content (AvgIpc) is 3.09. The number of nitrogens with zero attached hydrogens (tertiary/aromatic N) is 6. The number of sulfonamides is 1. The van der Waals surface area contributed by atoms with Crippen molar-refractivity contribution in [3.8, 4) is 11.4 Å². The summed E-state index contributed by atoms with van der Waals surface area (Å²) in [4.78, 5) is 6.49. The SMILES string of the molecule is CS(=O)(=O)N1CCN(c2ccc3nnn(-c4cccc(OC(F)(F)F)c4)c3n2)CC1. The molecule has 0 bridgehead atoms. The molecule has 1 aliphatic rings. The summed E-state index contributed by atoms with van der Waals surface area (Å²) in [7, 11) is -3.25. The third kappa shape index (κ3) is 4.31. The fraction of sp³-hybridized carbons (Fsp3) is 0.353. The number of halogens is 3. The van der Waals surface area contributed by atoms with E-state index < -0.39 is 16.4 Å².